The van der Waals surface area contributed by atoms with Crippen molar-refractivity contribution in [3.8, 4) is 17.2 Å². The van der Waals surface area contributed by atoms with E-state index < -0.39 is 59.8 Å². The SMILES string of the molecule is CSCC[C@H](NC=O)C(=O)N[C@@H](CC(C)C)C(=O)N[C@@H](Cc1ccc(O)cc1)C(=O)NC(Cc1ccc(O)cc1)C(=O)NC(Cc1ccc(O)cc1)C(=O)O. The molecule has 0 spiro atoms. The number of rotatable bonds is 22. The zero-order valence-corrected chi connectivity index (χ0v) is 31.7. The number of carboxylic acids is 1. The van der Waals surface area contributed by atoms with Crippen LogP contribution in [0.3, 0.4) is 0 Å². The molecule has 3 aromatic rings. The van der Waals surface area contributed by atoms with Gasteiger partial charge in [0.25, 0.3) is 0 Å². The van der Waals surface area contributed by atoms with E-state index in [0.29, 0.717) is 35.3 Å². The highest BCUT2D eigenvalue weighted by atomic mass is 32.2. The number of phenols is 3. The number of amides is 5. The first-order valence-corrected chi connectivity index (χ1v) is 19.0. The molecule has 0 aromatic heterocycles. The maximum Gasteiger partial charge on any atom is 0.326 e. The summed E-state index contributed by atoms with van der Waals surface area (Å²) in [5, 5.41) is 52.3. The van der Waals surface area contributed by atoms with E-state index in [1.54, 1.807) is 12.1 Å². The van der Waals surface area contributed by atoms with E-state index in [0.717, 1.165) is 0 Å². The second-order valence-corrected chi connectivity index (χ2v) is 14.4. The zero-order chi connectivity index (χ0) is 40.5. The van der Waals surface area contributed by atoms with Crippen molar-refractivity contribution in [1.29, 1.82) is 0 Å². The summed E-state index contributed by atoms with van der Waals surface area (Å²) in [6.07, 6.45) is 2.40. The minimum Gasteiger partial charge on any atom is -0.508 e. The molecule has 0 aliphatic carbocycles. The monoisotopic (exact) mass is 779 g/mol. The number of thioether (sulfide) groups is 1. The summed E-state index contributed by atoms with van der Waals surface area (Å²) in [7, 11) is 0. The van der Waals surface area contributed by atoms with Crippen LogP contribution in [0.2, 0.25) is 0 Å². The molecule has 0 saturated carbocycles. The molecule has 16 heteroatoms. The average Bonchev–Trinajstić information content (AvgIpc) is 3.14. The number of aromatic hydroxyl groups is 3. The van der Waals surface area contributed by atoms with Crippen molar-refractivity contribution < 1.29 is 49.2 Å². The molecule has 0 aliphatic heterocycles. The Morgan fingerprint density at radius 1 is 0.582 bits per heavy atom. The van der Waals surface area contributed by atoms with E-state index in [1.165, 1.54) is 72.4 Å². The molecule has 15 nitrogen and oxygen atoms in total. The van der Waals surface area contributed by atoms with Crippen LogP contribution in [0.5, 0.6) is 17.2 Å². The zero-order valence-electron chi connectivity index (χ0n) is 30.9. The molecule has 0 heterocycles. The van der Waals surface area contributed by atoms with Crippen molar-refractivity contribution in [2.45, 2.75) is 76.2 Å². The van der Waals surface area contributed by atoms with Crippen molar-refractivity contribution >= 4 is 47.8 Å². The fourth-order valence-electron chi connectivity index (χ4n) is 5.62. The Hall–Kier alpha value is -5.77. The Labute approximate surface area is 323 Å². The first-order valence-electron chi connectivity index (χ1n) is 17.7. The lowest BCUT2D eigenvalue weighted by Crippen LogP contribution is -2.59. The third-order valence-corrected chi connectivity index (χ3v) is 9.19. The molecular formula is C39H49N5O10S. The molecule has 3 rings (SSSR count). The van der Waals surface area contributed by atoms with E-state index in [9.17, 15) is 49.2 Å². The number of benzene rings is 3. The molecule has 0 bridgehead atoms. The first-order chi connectivity index (χ1) is 26.2. The number of hydrogen-bond donors (Lipinski definition) is 9. The van der Waals surface area contributed by atoms with Gasteiger partial charge in [-0.2, -0.15) is 11.8 Å². The van der Waals surface area contributed by atoms with Crippen molar-refractivity contribution in [2.75, 3.05) is 12.0 Å². The Balaban J connectivity index is 1.93. The lowest BCUT2D eigenvalue weighted by atomic mass is 9.99. The second-order valence-electron chi connectivity index (χ2n) is 13.4. The van der Waals surface area contributed by atoms with Gasteiger partial charge in [0.1, 0.15) is 47.5 Å². The highest BCUT2D eigenvalue weighted by Crippen LogP contribution is 2.16. The summed E-state index contributed by atoms with van der Waals surface area (Å²) in [5.74, 6) is -3.86. The van der Waals surface area contributed by atoms with Gasteiger partial charge in [-0.25, -0.2) is 4.79 Å². The van der Waals surface area contributed by atoms with Gasteiger partial charge in [-0.1, -0.05) is 50.2 Å². The van der Waals surface area contributed by atoms with Gasteiger partial charge in [-0.15, -0.1) is 0 Å². The van der Waals surface area contributed by atoms with Gasteiger partial charge in [-0.05, 0) is 83.9 Å². The van der Waals surface area contributed by atoms with Gasteiger partial charge in [0, 0.05) is 19.3 Å². The van der Waals surface area contributed by atoms with E-state index in [4.69, 9.17) is 0 Å². The van der Waals surface area contributed by atoms with Gasteiger partial charge in [0.15, 0.2) is 0 Å². The number of nitrogens with one attached hydrogen (secondary N) is 5. The Bertz CT molecular complexity index is 1740. The van der Waals surface area contributed by atoms with Crippen LogP contribution in [0.4, 0.5) is 0 Å². The summed E-state index contributed by atoms with van der Waals surface area (Å²) in [5.41, 5.74) is 1.57. The standard InChI is InChI=1S/C39H49N5O10S/c1-23(2)18-31(41-35(49)30(40-22-45)16-17-55-3)36(50)42-32(19-24-4-10-27(46)11-5-24)37(51)43-33(20-25-6-12-28(47)13-7-25)38(52)44-34(39(53)54)21-26-8-14-29(48)15-9-26/h4-15,22-23,30-34,46-48H,16-21H2,1-3H3,(H,40,45)(H,41,49)(H,42,50)(H,43,51)(H,44,52)(H,53,54)/t30-,31-,32-,33?,34?/m0/s1. The fourth-order valence-corrected chi connectivity index (χ4v) is 6.09. The third-order valence-electron chi connectivity index (χ3n) is 8.55. The number of aliphatic carboxylic acids is 1. The number of hydrogen-bond acceptors (Lipinski definition) is 10. The Kier molecular flexibility index (Phi) is 17.3. The van der Waals surface area contributed by atoms with E-state index in [1.807, 2.05) is 20.1 Å². The number of carbonyl (C=O) groups excluding carboxylic acids is 5. The molecular weight excluding hydrogens is 731 g/mol. The smallest absolute Gasteiger partial charge is 0.326 e. The van der Waals surface area contributed by atoms with Gasteiger partial charge in [0.2, 0.25) is 30.0 Å². The minimum absolute atomic E-state index is 0.0200. The fraction of sp³-hybridized carbons (Fsp3) is 0.385. The molecule has 5 amide bonds. The van der Waals surface area contributed by atoms with Crippen LogP contribution in [-0.4, -0.2) is 98.7 Å². The van der Waals surface area contributed by atoms with Crippen molar-refractivity contribution in [3.63, 3.8) is 0 Å². The molecule has 0 radical (unpaired) electrons. The quantitative estimate of drug-likeness (QED) is 0.0666. The lowest BCUT2D eigenvalue weighted by molar-refractivity contribution is -0.142. The topological polar surface area (TPSA) is 243 Å². The predicted molar refractivity (Wildman–Crippen MR) is 206 cm³/mol. The van der Waals surface area contributed by atoms with Crippen LogP contribution < -0.4 is 26.6 Å². The number of carboxylic acid groups (broad SMARTS) is 1. The molecule has 2 unspecified atom stereocenters. The summed E-state index contributed by atoms with van der Waals surface area (Å²) < 4.78 is 0. The second kappa shape index (κ2) is 21.8. The van der Waals surface area contributed by atoms with E-state index in [2.05, 4.69) is 26.6 Å². The van der Waals surface area contributed by atoms with Gasteiger partial charge < -0.3 is 47.0 Å². The molecule has 0 saturated heterocycles. The molecule has 0 aliphatic rings. The number of carbonyl (C=O) groups is 6. The maximum atomic E-state index is 14.2. The lowest BCUT2D eigenvalue weighted by Gasteiger charge is -2.27. The molecule has 9 N–H and O–H groups in total. The van der Waals surface area contributed by atoms with Crippen LogP contribution >= 0.6 is 11.8 Å². The predicted octanol–water partition coefficient (Wildman–Crippen LogP) is 1.77. The third kappa shape index (κ3) is 14.9. The van der Waals surface area contributed by atoms with Crippen LogP contribution in [0.1, 0.15) is 43.4 Å². The molecule has 55 heavy (non-hydrogen) atoms. The highest BCUT2D eigenvalue weighted by molar-refractivity contribution is 7.98. The normalized spacial score (nSPS) is 13.7. The van der Waals surface area contributed by atoms with Crippen LogP contribution in [0, 0.1) is 5.92 Å². The van der Waals surface area contributed by atoms with E-state index in [-0.39, 0.29) is 48.8 Å². The molecule has 5 atom stereocenters. The molecule has 296 valence electrons. The summed E-state index contributed by atoms with van der Waals surface area (Å²) >= 11 is 1.48. The Morgan fingerprint density at radius 3 is 1.29 bits per heavy atom. The molecule has 3 aromatic carbocycles. The van der Waals surface area contributed by atoms with Crippen molar-refractivity contribution in [2.24, 2.45) is 5.92 Å². The minimum atomic E-state index is -1.42. The van der Waals surface area contributed by atoms with Crippen LogP contribution in [0.15, 0.2) is 72.8 Å². The number of phenolic OH excluding ortho intramolecular Hbond substituents is 3. The van der Waals surface area contributed by atoms with Gasteiger partial charge in [0.05, 0.1) is 0 Å². The summed E-state index contributed by atoms with van der Waals surface area (Å²) in [4.78, 5) is 78.6. The maximum absolute atomic E-state index is 14.2. The van der Waals surface area contributed by atoms with Crippen LogP contribution in [-0.2, 0) is 48.0 Å². The first kappa shape index (κ1) is 43.6. The largest absolute Gasteiger partial charge is 0.508 e. The highest BCUT2D eigenvalue weighted by Gasteiger charge is 2.33. The Morgan fingerprint density at radius 2 is 0.927 bits per heavy atom. The summed E-state index contributed by atoms with van der Waals surface area (Å²) in [6, 6.07) is 11.5. The van der Waals surface area contributed by atoms with E-state index >= 15 is 0 Å². The molecule has 0 fully saturated rings. The van der Waals surface area contributed by atoms with Crippen molar-refractivity contribution in [3.05, 3.63) is 89.5 Å². The van der Waals surface area contributed by atoms with Crippen LogP contribution in [0.25, 0.3) is 0 Å². The average molecular weight is 780 g/mol. The van der Waals surface area contributed by atoms with Crippen molar-refractivity contribution in [1.82, 2.24) is 26.6 Å². The summed E-state index contributed by atoms with van der Waals surface area (Å²) in [6.45, 7) is 3.70. The van der Waals surface area contributed by atoms with Gasteiger partial charge in [-0.3, -0.25) is 24.0 Å². The van der Waals surface area contributed by atoms with Gasteiger partial charge >= 0.3 is 5.97 Å².